The lowest BCUT2D eigenvalue weighted by atomic mass is 10.0. The number of ether oxygens (including phenoxy) is 2. The Morgan fingerprint density at radius 1 is 1.31 bits per heavy atom. The third kappa shape index (κ3) is 1.97. The summed E-state index contributed by atoms with van der Waals surface area (Å²) in [6.07, 6.45) is 1.74. The van der Waals surface area contributed by atoms with Gasteiger partial charge in [0.1, 0.15) is 0 Å². The second kappa shape index (κ2) is 4.93. The van der Waals surface area contributed by atoms with Crippen LogP contribution >= 0.6 is 11.6 Å². The zero-order valence-corrected chi connectivity index (χ0v) is 10.1. The van der Waals surface area contributed by atoms with Crippen LogP contribution in [0, 0.1) is 0 Å². The molecule has 88 valence electrons. The molecule has 0 aliphatic carbocycles. The van der Waals surface area contributed by atoms with E-state index in [0.29, 0.717) is 24.8 Å². The molecule has 1 heterocycles. The van der Waals surface area contributed by atoms with E-state index < -0.39 is 0 Å². The van der Waals surface area contributed by atoms with E-state index in [2.05, 4.69) is 6.92 Å². The molecule has 0 amide bonds. The Kier molecular flexibility index (Phi) is 3.56. The lowest BCUT2D eigenvalue weighted by Gasteiger charge is -2.16. The average Bonchev–Trinajstić information content (AvgIpc) is 2.52. The molecule has 1 aliphatic rings. The molecule has 1 aromatic carbocycles. The average molecular weight is 242 g/mol. The van der Waals surface area contributed by atoms with Gasteiger partial charge in [-0.05, 0) is 12.0 Å². The first-order valence-corrected chi connectivity index (χ1v) is 5.95. The Hall–Kier alpha value is -0.930. The zero-order valence-electron chi connectivity index (χ0n) is 9.38. The van der Waals surface area contributed by atoms with E-state index in [1.807, 2.05) is 6.07 Å². The minimum Gasteiger partial charge on any atom is -0.489 e. The van der Waals surface area contributed by atoms with Crippen LogP contribution in [0.4, 0.5) is 0 Å². The number of benzene rings is 1. The molecule has 0 saturated carbocycles. The standard InChI is InChI=1S/C12H16ClNO2/c1-2-8-9(7-14)10(13)6-11-12(8)16-5-3-4-15-11/h6H,2-5,7,14H2,1H3. The van der Waals surface area contributed by atoms with Gasteiger partial charge in [-0.1, -0.05) is 18.5 Å². The van der Waals surface area contributed by atoms with Gasteiger partial charge in [0.15, 0.2) is 11.5 Å². The molecule has 0 saturated heterocycles. The second-order valence-electron chi connectivity index (χ2n) is 3.75. The zero-order chi connectivity index (χ0) is 11.5. The summed E-state index contributed by atoms with van der Waals surface area (Å²) in [5.41, 5.74) is 7.76. The van der Waals surface area contributed by atoms with E-state index in [1.165, 1.54) is 0 Å². The smallest absolute Gasteiger partial charge is 0.164 e. The first-order valence-electron chi connectivity index (χ1n) is 5.57. The number of rotatable bonds is 2. The van der Waals surface area contributed by atoms with Crippen molar-refractivity contribution >= 4 is 11.6 Å². The maximum Gasteiger partial charge on any atom is 0.164 e. The van der Waals surface area contributed by atoms with E-state index >= 15 is 0 Å². The molecule has 2 rings (SSSR count). The van der Waals surface area contributed by atoms with Crippen LogP contribution in [0.15, 0.2) is 6.07 Å². The Morgan fingerprint density at radius 3 is 2.75 bits per heavy atom. The van der Waals surface area contributed by atoms with Gasteiger partial charge in [-0.15, -0.1) is 0 Å². The van der Waals surface area contributed by atoms with E-state index in [4.69, 9.17) is 26.8 Å². The van der Waals surface area contributed by atoms with Crippen LogP contribution in [0.1, 0.15) is 24.5 Å². The summed E-state index contributed by atoms with van der Waals surface area (Å²) in [5, 5.41) is 0.670. The molecule has 3 nitrogen and oxygen atoms in total. The summed E-state index contributed by atoms with van der Waals surface area (Å²) >= 11 is 6.18. The number of halogens is 1. The van der Waals surface area contributed by atoms with Crippen LogP contribution < -0.4 is 15.2 Å². The van der Waals surface area contributed by atoms with Gasteiger partial charge in [0, 0.05) is 29.6 Å². The fourth-order valence-corrected chi connectivity index (χ4v) is 2.26. The van der Waals surface area contributed by atoms with Crippen LogP contribution in [-0.2, 0) is 13.0 Å². The lowest BCUT2D eigenvalue weighted by molar-refractivity contribution is 0.296. The largest absolute Gasteiger partial charge is 0.489 e. The molecule has 1 aromatic rings. The van der Waals surface area contributed by atoms with Crippen LogP contribution in [0.2, 0.25) is 5.02 Å². The normalized spacial score (nSPS) is 14.7. The van der Waals surface area contributed by atoms with E-state index in [9.17, 15) is 0 Å². The molecular weight excluding hydrogens is 226 g/mol. The fraction of sp³-hybridized carbons (Fsp3) is 0.500. The van der Waals surface area contributed by atoms with Gasteiger partial charge in [-0.2, -0.15) is 0 Å². The highest BCUT2D eigenvalue weighted by Crippen LogP contribution is 2.39. The third-order valence-corrected chi connectivity index (χ3v) is 3.10. The number of hydrogen-bond acceptors (Lipinski definition) is 3. The molecule has 0 fully saturated rings. The molecule has 1 aliphatic heterocycles. The van der Waals surface area contributed by atoms with Crippen molar-refractivity contribution in [1.29, 1.82) is 0 Å². The SMILES string of the molecule is CCc1c(CN)c(Cl)cc2c1OCCCO2. The van der Waals surface area contributed by atoms with Crippen molar-refractivity contribution in [2.75, 3.05) is 13.2 Å². The Bertz CT molecular complexity index is 393. The van der Waals surface area contributed by atoms with Crippen LogP contribution in [0.3, 0.4) is 0 Å². The van der Waals surface area contributed by atoms with E-state index in [0.717, 1.165) is 35.5 Å². The van der Waals surface area contributed by atoms with E-state index in [-0.39, 0.29) is 0 Å². The van der Waals surface area contributed by atoms with Crippen molar-refractivity contribution in [3.63, 3.8) is 0 Å². The van der Waals surface area contributed by atoms with Gasteiger partial charge in [-0.3, -0.25) is 0 Å². The summed E-state index contributed by atoms with van der Waals surface area (Å²) in [6, 6.07) is 1.81. The molecule has 0 spiro atoms. The lowest BCUT2D eigenvalue weighted by Crippen LogP contribution is -2.06. The summed E-state index contributed by atoms with van der Waals surface area (Å²) in [4.78, 5) is 0. The molecule has 2 N–H and O–H groups in total. The molecule has 0 atom stereocenters. The molecule has 4 heteroatoms. The first kappa shape index (κ1) is 11.6. The molecule has 0 unspecified atom stereocenters. The highest BCUT2D eigenvalue weighted by molar-refractivity contribution is 6.31. The van der Waals surface area contributed by atoms with Crippen LogP contribution in [0.25, 0.3) is 0 Å². The number of nitrogens with two attached hydrogens (primary N) is 1. The van der Waals surface area contributed by atoms with Gasteiger partial charge in [0.05, 0.1) is 13.2 Å². The van der Waals surface area contributed by atoms with Crippen molar-refractivity contribution in [2.45, 2.75) is 26.3 Å². The minimum atomic E-state index is 0.429. The van der Waals surface area contributed by atoms with Gasteiger partial charge in [0.2, 0.25) is 0 Å². The quantitative estimate of drug-likeness (QED) is 0.866. The number of fused-ring (bicyclic) bond motifs is 1. The topological polar surface area (TPSA) is 44.5 Å². The van der Waals surface area contributed by atoms with Gasteiger partial charge in [0.25, 0.3) is 0 Å². The summed E-state index contributed by atoms with van der Waals surface area (Å²) in [7, 11) is 0. The molecule has 0 aromatic heterocycles. The third-order valence-electron chi connectivity index (χ3n) is 2.76. The van der Waals surface area contributed by atoms with Crippen molar-refractivity contribution in [2.24, 2.45) is 5.73 Å². The van der Waals surface area contributed by atoms with Crippen molar-refractivity contribution in [3.05, 3.63) is 22.2 Å². The first-order chi connectivity index (χ1) is 7.77. The summed E-state index contributed by atoms with van der Waals surface area (Å²) in [5.74, 6) is 1.57. The van der Waals surface area contributed by atoms with Crippen molar-refractivity contribution in [1.82, 2.24) is 0 Å². The fourth-order valence-electron chi connectivity index (χ4n) is 1.97. The van der Waals surface area contributed by atoms with Crippen molar-refractivity contribution < 1.29 is 9.47 Å². The highest BCUT2D eigenvalue weighted by atomic mass is 35.5. The summed E-state index contributed by atoms with van der Waals surface area (Å²) < 4.78 is 11.3. The number of hydrogen-bond donors (Lipinski definition) is 1. The minimum absolute atomic E-state index is 0.429. The monoisotopic (exact) mass is 241 g/mol. The van der Waals surface area contributed by atoms with Crippen LogP contribution in [-0.4, -0.2) is 13.2 Å². The molecule has 0 bridgehead atoms. The van der Waals surface area contributed by atoms with Crippen LogP contribution in [0.5, 0.6) is 11.5 Å². The van der Waals surface area contributed by atoms with Gasteiger partial charge in [-0.25, -0.2) is 0 Å². The Morgan fingerprint density at radius 2 is 2.06 bits per heavy atom. The maximum absolute atomic E-state index is 6.18. The Labute approximate surface area is 100 Å². The summed E-state index contributed by atoms with van der Waals surface area (Å²) in [6.45, 7) is 3.86. The predicted octanol–water partition coefficient (Wildman–Crippen LogP) is 2.52. The van der Waals surface area contributed by atoms with E-state index in [1.54, 1.807) is 0 Å². The second-order valence-corrected chi connectivity index (χ2v) is 4.16. The van der Waals surface area contributed by atoms with Gasteiger partial charge >= 0.3 is 0 Å². The maximum atomic E-state index is 6.18. The molecular formula is C12H16ClNO2. The highest BCUT2D eigenvalue weighted by Gasteiger charge is 2.19. The van der Waals surface area contributed by atoms with Crippen molar-refractivity contribution in [3.8, 4) is 11.5 Å². The van der Waals surface area contributed by atoms with Gasteiger partial charge < -0.3 is 15.2 Å². The Balaban J connectivity index is 2.56. The molecule has 0 radical (unpaired) electrons. The molecule has 16 heavy (non-hydrogen) atoms. The predicted molar refractivity (Wildman–Crippen MR) is 64.3 cm³/mol.